The van der Waals surface area contributed by atoms with Gasteiger partial charge in [0.05, 0.1) is 13.2 Å². The molecule has 1 N–H and O–H groups in total. The molecule has 158 valence electrons. The van der Waals surface area contributed by atoms with E-state index in [9.17, 15) is 5.11 Å². The topological polar surface area (TPSA) is 71.0 Å². The van der Waals surface area contributed by atoms with Crippen molar-refractivity contribution in [3.63, 3.8) is 0 Å². The first-order chi connectivity index (χ1) is 13.7. The maximum absolute atomic E-state index is 9.68. The van der Waals surface area contributed by atoms with E-state index in [1.54, 1.807) is 7.11 Å². The monoisotopic (exact) mass is 411 g/mol. The number of aryl methyl sites for hydroxylation is 1. The Kier molecular flexibility index (Phi) is 7.79. The number of aromatic nitrogens is 2. The molecular weight excluding hydrogens is 376 g/mol. The number of aliphatic hydroxyl groups is 1. The van der Waals surface area contributed by atoms with Gasteiger partial charge in [-0.15, -0.1) is 0 Å². The fourth-order valence-electron chi connectivity index (χ4n) is 3.99. The molecule has 3 aliphatic heterocycles. The molecule has 2 saturated heterocycles. The Labute approximate surface area is 172 Å². The molecule has 0 aromatic carbocycles. The summed E-state index contributed by atoms with van der Waals surface area (Å²) in [4.78, 5) is 15.6. The van der Waals surface area contributed by atoms with E-state index >= 15 is 0 Å². The van der Waals surface area contributed by atoms with Gasteiger partial charge in [0, 0.05) is 45.3 Å². The Morgan fingerprint density at radius 3 is 2.57 bits per heavy atom. The van der Waals surface area contributed by atoms with Crippen LogP contribution in [0, 0.1) is 0 Å². The number of hydrogen-bond acceptors (Lipinski definition) is 7. The van der Waals surface area contributed by atoms with Crippen LogP contribution in [0.3, 0.4) is 0 Å². The van der Waals surface area contributed by atoms with Crippen LogP contribution in [-0.4, -0.2) is 72.9 Å². The maximum Gasteiger partial charge on any atom is 0.254 e. The molecule has 3 aliphatic rings. The smallest absolute Gasteiger partial charge is 0.254 e. The molecule has 0 amide bonds. The molecule has 4 rings (SSSR count). The van der Waals surface area contributed by atoms with Crippen molar-refractivity contribution in [1.82, 2.24) is 9.97 Å². The number of hydrogen-bond donors (Lipinski definition) is 1. The molecule has 2 fully saturated rings. The van der Waals surface area contributed by atoms with Gasteiger partial charge in [0.2, 0.25) is 5.95 Å². The number of β-amino-alcohol motifs (C(OH)–C–C–N with tert-alkyl or cyclic N) is 1. The summed E-state index contributed by atoms with van der Waals surface area (Å²) in [5.41, 5.74) is 1.13. The Morgan fingerprint density at radius 1 is 1.25 bits per heavy atom. The lowest BCUT2D eigenvalue weighted by Crippen LogP contribution is -2.52. The van der Waals surface area contributed by atoms with Gasteiger partial charge in [-0.1, -0.05) is 20.8 Å². The van der Waals surface area contributed by atoms with Gasteiger partial charge in [0.1, 0.15) is 5.69 Å². The summed E-state index contributed by atoms with van der Waals surface area (Å²) < 4.78 is 11.4. The average molecular weight is 412 g/mol. The molecule has 1 unspecified atom stereocenters. The zero-order chi connectivity index (χ0) is 20.1. The zero-order valence-electron chi connectivity index (χ0n) is 17.7. The molecule has 8 heteroatoms. The first-order valence-electron chi connectivity index (χ1n) is 10.6. The first-order valence-corrected chi connectivity index (χ1v) is 12.0. The Balaban J connectivity index is 0.00000109. The van der Waals surface area contributed by atoms with Gasteiger partial charge in [-0.05, 0) is 19.3 Å². The SMILES string of the molecule is CC.CCCN(c1nc(N2CC(O)C2)nc2c1[S+](OC)CC2)C1CCOCC1. The number of nitrogens with zero attached hydrogens (tertiary/aromatic N) is 4. The highest BCUT2D eigenvalue weighted by atomic mass is 32.2. The molecule has 1 aromatic rings. The summed E-state index contributed by atoms with van der Waals surface area (Å²) in [7, 11) is 1.79. The quantitative estimate of drug-likeness (QED) is 0.720. The molecule has 28 heavy (non-hydrogen) atoms. The lowest BCUT2D eigenvalue weighted by atomic mass is 10.1. The van der Waals surface area contributed by atoms with E-state index in [1.165, 1.54) is 4.90 Å². The van der Waals surface area contributed by atoms with Crippen molar-refractivity contribution in [3.8, 4) is 0 Å². The van der Waals surface area contributed by atoms with Crippen molar-refractivity contribution in [3.05, 3.63) is 5.69 Å². The number of ether oxygens (including phenoxy) is 1. The minimum atomic E-state index is -0.258. The van der Waals surface area contributed by atoms with Gasteiger partial charge in [0.15, 0.2) is 22.7 Å². The summed E-state index contributed by atoms with van der Waals surface area (Å²) in [5.74, 6) is 2.81. The van der Waals surface area contributed by atoms with Crippen molar-refractivity contribution in [1.29, 1.82) is 0 Å². The Bertz CT molecular complexity index is 636. The van der Waals surface area contributed by atoms with Crippen LogP contribution in [0.25, 0.3) is 0 Å². The highest BCUT2D eigenvalue weighted by Gasteiger charge is 2.43. The fourth-order valence-corrected chi connectivity index (χ4v) is 5.68. The highest BCUT2D eigenvalue weighted by molar-refractivity contribution is 7.92. The second-order valence-corrected chi connectivity index (χ2v) is 9.03. The zero-order valence-corrected chi connectivity index (χ0v) is 18.5. The van der Waals surface area contributed by atoms with Crippen molar-refractivity contribution in [2.75, 3.05) is 55.5 Å². The number of rotatable bonds is 6. The third-order valence-corrected chi connectivity index (χ3v) is 7.22. The third-order valence-electron chi connectivity index (χ3n) is 5.37. The minimum Gasteiger partial charge on any atom is -0.389 e. The summed E-state index contributed by atoms with van der Waals surface area (Å²) in [5, 5.41) is 9.68. The molecule has 1 aromatic heterocycles. The normalized spacial score (nSPS) is 22.3. The van der Waals surface area contributed by atoms with Crippen LogP contribution in [0.15, 0.2) is 4.90 Å². The molecule has 1 atom stereocenters. The lowest BCUT2D eigenvalue weighted by molar-refractivity contribution is 0.0841. The fraction of sp³-hybridized carbons (Fsp3) is 0.800. The standard InChI is InChI=1S/C18H29N4O3S.C2H6/c1-3-7-22(13-4-8-25-9-5-13)17-16-15(6-10-26(16)24-2)19-18(20-17)21-11-14(23)12-21;1-2/h13-14,23H,3-12H2,1-2H3;1-2H3/q+1;. The van der Waals surface area contributed by atoms with E-state index in [2.05, 4.69) is 16.7 Å². The van der Waals surface area contributed by atoms with Crippen LogP contribution < -0.4 is 9.80 Å². The third kappa shape index (κ3) is 4.40. The van der Waals surface area contributed by atoms with E-state index < -0.39 is 0 Å². The van der Waals surface area contributed by atoms with E-state index in [0.717, 1.165) is 68.7 Å². The van der Waals surface area contributed by atoms with Crippen LogP contribution in [0.1, 0.15) is 45.7 Å². The molecule has 0 spiro atoms. The van der Waals surface area contributed by atoms with E-state index in [4.69, 9.17) is 18.9 Å². The van der Waals surface area contributed by atoms with E-state index in [1.807, 2.05) is 13.8 Å². The van der Waals surface area contributed by atoms with Crippen LogP contribution in [-0.2, 0) is 26.5 Å². The summed E-state index contributed by atoms with van der Waals surface area (Å²) in [6.45, 7) is 10.1. The predicted octanol–water partition coefficient (Wildman–Crippen LogP) is 2.17. The highest BCUT2D eigenvalue weighted by Crippen LogP contribution is 2.38. The van der Waals surface area contributed by atoms with Gasteiger partial charge < -0.3 is 19.6 Å². The summed E-state index contributed by atoms with van der Waals surface area (Å²) in [6, 6.07) is 0.459. The Morgan fingerprint density at radius 2 is 1.96 bits per heavy atom. The Hall–Kier alpha value is -1.09. The number of fused-ring (bicyclic) bond motifs is 1. The molecule has 7 nitrogen and oxygen atoms in total. The van der Waals surface area contributed by atoms with E-state index in [0.29, 0.717) is 19.1 Å². The molecule has 4 heterocycles. The van der Waals surface area contributed by atoms with Gasteiger partial charge in [-0.3, -0.25) is 0 Å². The summed E-state index contributed by atoms with van der Waals surface area (Å²) >= 11 is -0.228. The maximum atomic E-state index is 9.68. The molecule has 0 radical (unpaired) electrons. The van der Waals surface area contributed by atoms with Crippen molar-refractivity contribution in [2.45, 2.75) is 63.5 Å². The number of anilines is 2. The first kappa shape index (κ1) is 21.6. The van der Waals surface area contributed by atoms with Crippen LogP contribution in [0.5, 0.6) is 0 Å². The average Bonchev–Trinajstić information content (AvgIpc) is 3.14. The molecular formula is C20H35N4O3S+. The molecule has 0 saturated carbocycles. The largest absolute Gasteiger partial charge is 0.389 e. The van der Waals surface area contributed by atoms with Gasteiger partial charge >= 0.3 is 0 Å². The van der Waals surface area contributed by atoms with Crippen LogP contribution in [0.4, 0.5) is 11.8 Å². The predicted molar refractivity (Wildman–Crippen MR) is 114 cm³/mol. The van der Waals surface area contributed by atoms with Crippen molar-refractivity contribution >= 4 is 22.9 Å². The molecule has 0 aliphatic carbocycles. The van der Waals surface area contributed by atoms with Crippen molar-refractivity contribution < 1.29 is 14.0 Å². The second-order valence-electron chi connectivity index (χ2n) is 7.19. The minimum absolute atomic E-state index is 0.228. The second kappa shape index (κ2) is 10.1. The molecule has 0 bridgehead atoms. The number of aliphatic hydroxyl groups excluding tert-OH is 1. The van der Waals surface area contributed by atoms with Crippen LogP contribution >= 0.6 is 0 Å². The van der Waals surface area contributed by atoms with Gasteiger partial charge in [0.25, 0.3) is 4.90 Å². The van der Waals surface area contributed by atoms with Crippen molar-refractivity contribution in [2.24, 2.45) is 0 Å². The summed E-state index contributed by atoms with van der Waals surface area (Å²) in [6.07, 6.45) is 3.84. The lowest BCUT2D eigenvalue weighted by Gasteiger charge is -2.38. The van der Waals surface area contributed by atoms with Gasteiger partial charge in [-0.2, -0.15) is 9.17 Å². The van der Waals surface area contributed by atoms with E-state index in [-0.39, 0.29) is 17.3 Å². The van der Waals surface area contributed by atoms with Gasteiger partial charge in [-0.25, -0.2) is 4.98 Å². The van der Waals surface area contributed by atoms with Crippen LogP contribution in [0.2, 0.25) is 0 Å².